The molecule has 0 bridgehead atoms. The number of hydrogen-bond donors (Lipinski definition) is 4. The molecule has 1 fully saturated rings. The monoisotopic (exact) mass is 615 g/mol. The van der Waals surface area contributed by atoms with Crippen LogP contribution in [0.3, 0.4) is 0 Å². The first kappa shape index (κ1) is 30.9. The summed E-state index contributed by atoms with van der Waals surface area (Å²) in [5.41, 5.74) is 3.78. The Morgan fingerprint density at radius 1 is 0.886 bits per heavy atom. The van der Waals surface area contributed by atoms with E-state index >= 15 is 0 Å². The number of sulfonamides is 1. The van der Waals surface area contributed by atoms with Gasteiger partial charge in [-0.1, -0.05) is 6.07 Å². The van der Waals surface area contributed by atoms with Crippen molar-refractivity contribution in [2.24, 2.45) is 0 Å². The van der Waals surface area contributed by atoms with Crippen molar-refractivity contribution in [3.8, 4) is 0 Å². The Morgan fingerprint density at radius 3 is 2.25 bits per heavy atom. The summed E-state index contributed by atoms with van der Waals surface area (Å²) in [5, 5.41) is 9.30. The van der Waals surface area contributed by atoms with Gasteiger partial charge < -0.3 is 25.6 Å². The fourth-order valence-electron chi connectivity index (χ4n) is 4.58. The molecule has 1 saturated heterocycles. The van der Waals surface area contributed by atoms with E-state index in [0.29, 0.717) is 28.7 Å². The lowest BCUT2D eigenvalue weighted by Gasteiger charge is -2.28. The highest BCUT2D eigenvalue weighted by molar-refractivity contribution is 7.89. The lowest BCUT2D eigenvalue weighted by atomic mass is 10.1. The first-order chi connectivity index (χ1) is 20.9. The summed E-state index contributed by atoms with van der Waals surface area (Å²) in [4.78, 5) is 24.2. The van der Waals surface area contributed by atoms with Gasteiger partial charge in [-0.25, -0.2) is 18.1 Å². The smallest absolute Gasteiger partial charge is 0.255 e. The van der Waals surface area contributed by atoms with Gasteiger partial charge in [0.15, 0.2) is 0 Å². The Hall–Kier alpha value is -4.52. The van der Waals surface area contributed by atoms with Crippen LogP contribution in [0.5, 0.6) is 0 Å². The molecule has 0 radical (unpaired) electrons. The van der Waals surface area contributed by atoms with Crippen LogP contribution in [-0.4, -0.2) is 56.1 Å². The standard InChI is InChI=1S/C32H37N7O4S/c1-22-21-33-31(37-29(22)34-26-6-5-7-28(20-26)44(41,42)38-32(2,3)4)36-25-10-8-23(9-11-25)30(40)35-24-12-14-27(15-13-24)39-16-18-43-19-17-39/h5-15,20-21,38H,16-19H2,1-4H3,(H,35,40)(H2,33,34,36,37). The van der Waals surface area contributed by atoms with E-state index in [1.54, 1.807) is 75.5 Å². The summed E-state index contributed by atoms with van der Waals surface area (Å²) in [6.07, 6.45) is 1.67. The van der Waals surface area contributed by atoms with Crippen molar-refractivity contribution in [2.45, 2.75) is 38.1 Å². The van der Waals surface area contributed by atoms with Crippen LogP contribution < -0.4 is 25.6 Å². The van der Waals surface area contributed by atoms with Crippen molar-refractivity contribution in [3.05, 3.63) is 90.1 Å². The molecule has 3 aromatic carbocycles. The average Bonchev–Trinajstić information content (AvgIpc) is 2.99. The van der Waals surface area contributed by atoms with Crippen LogP contribution in [0.15, 0.2) is 83.9 Å². The summed E-state index contributed by atoms with van der Waals surface area (Å²) in [6.45, 7) is 10.4. The number of ether oxygens (including phenoxy) is 1. The van der Waals surface area contributed by atoms with Gasteiger partial charge in [-0.05, 0) is 94.4 Å². The third kappa shape index (κ3) is 8.10. The topological polar surface area (TPSA) is 138 Å². The maximum Gasteiger partial charge on any atom is 0.255 e. The van der Waals surface area contributed by atoms with Crippen LogP contribution in [0, 0.1) is 6.92 Å². The minimum atomic E-state index is -3.69. The van der Waals surface area contributed by atoms with Crippen LogP contribution in [-0.2, 0) is 14.8 Å². The van der Waals surface area contributed by atoms with E-state index in [4.69, 9.17) is 4.74 Å². The normalized spacial score (nSPS) is 13.8. The molecule has 4 N–H and O–H groups in total. The molecule has 1 amide bonds. The van der Waals surface area contributed by atoms with E-state index in [2.05, 4.69) is 35.5 Å². The van der Waals surface area contributed by atoms with Crippen molar-refractivity contribution >= 4 is 50.4 Å². The first-order valence-electron chi connectivity index (χ1n) is 14.3. The molecule has 44 heavy (non-hydrogen) atoms. The van der Waals surface area contributed by atoms with E-state index in [0.717, 1.165) is 43.2 Å². The number of aromatic nitrogens is 2. The number of carbonyl (C=O) groups is 1. The number of nitrogens with zero attached hydrogens (tertiary/aromatic N) is 3. The van der Waals surface area contributed by atoms with Crippen molar-refractivity contribution in [1.82, 2.24) is 14.7 Å². The van der Waals surface area contributed by atoms with Gasteiger partial charge >= 0.3 is 0 Å². The second-order valence-corrected chi connectivity index (χ2v) is 13.2. The van der Waals surface area contributed by atoms with Crippen molar-refractivity contribution < 1.29 is 17.9 Å². The van der Waals surface area contributed by atoms with E-state index in [-0.39, 0.29) is 10.8 Å². The number of amides is 1. The number of hydrogen-bond acceptors (Lipinski definition) is 9. The number of aryl methyl sites for hydroxylation is 1. The molecule has 0 atom stereocenters. The number of anilines is 6. The third-order valence-electron chi connectivity index (χ3n) is 6.72. The van der Waals surface area contributed by atoms with Gasteiger partial charge in [0.2, 0.25) is 16.0 Å². The van der Waals surface area contributed by atoms with Crippen molar-refractivity contribution in [2.75, 3.05) is 47.2 Å². The Kier molecular flexibility index (Phi) is 9.14. The molecule has 1 aromatic heterocycles. The molecule has 2 heterocycles. The second-order valence-electron chi connectivity index (χ2n) is 11.5. The highest BCUT2D eigenvalue weighted by Gasteiger charge is 2.22. The predicted molar refractivity (Wildman–Crippen MR) is 174 cm³/mol. The zero-order chi connectivity index (χ0) is 31.3. The van der Waals surface area contributed by atoms with Crippen LogP contribution in [0.4, 0.5) is 34.5 Å². The van der Waals surface area contributed by atoms with E-state index in [9.17, 15) is 13.2 Å². The van der Waals surface area contributed by atoms with Gasteiger partial charge in [0.05, 0.1) is 18.1 Å². The zero-order valence-corrected chi connectivity index (χ0v) is 26.0. The number of benzene rings is 3. The molecular weight excluding hydrogens is 578 g/mol. The Bertz CT molecular complexity index is 1720. The highest BCUT2D eigenvalue weighted by atomic mass is 32.2. The van der Waals surface area contributed by atoms with E-state index in [1.807, 2.05) is 31.2 Å². The molecule has 230 valence electrons. The molecule has 0 spiro atoms. The minimum Gasteiger partial charge on any atom is -0.378 e. The van der Waals surface area contributed by atoms with Gasteiger partial charge in [0.25, 0.3) is 5.91 Å². The summed E-state index contributed by atoms with van der Waals surface area (Å²) in [6, 6.07) is 21.4. The summed E-state index contributed by atoms with van der Waals surface area (Å²) >= 11 is 0. The maximum atomic E-state index is 12.8. The van der Waals surface area contributed by atoms with Crippen LogP contribution in [0.25, 0.3) is 0 Å². The van der Waals surface area contributed by atoms with Crippen molar-refractivity contribution in [3.63, 3.8) is 0 Å². The molecule has 4 aromatic rings. The minimum absolute atomic E-state index is 0.150. The SMILES string of the molecule is Cc1cnc(Nc2ccc(C(=O)Nc3ccc(N4CCOCC4)cc3)cc2)nc1Nc1cccc(S(=O)(=O)NC(C)(C)C)c1. The average molecular weight is 616 g/mol. The molecule has 0 aliphatic carbocycles. The summed E-state index contributed by atoms with van der Waals surface area (Å²) in [5.74, 6) is 0.654. The predicted octanol–water partition coefficient (Wildman–Crippen LogP) is 5.44. The number of carbonyl (C=O) groups excluding carboxylic acids is 1. The molecule has 11 nitrogen and oxygen atoms in total. The van der Waals surface area contributed by atoms with E-state index < -0.39 is 15.6 Å². The molecule has 12 heteroatoms. The van der Waals surface area contributed by atoms with Crippen molar-refractivity contribution in [1.29, 1.82) is 0 Å². The Labute approximate surface area is 258 Å². The lowest BCUT2D eigenvalue weighted by molar-refractivity contribution is 0.102. The summed E-state index contributed by atoms with van der Waals surface area (Å²) in [7, 11) is -3.69. The summed E-state index contributed by atoms with van der Waals surface area (Å²) < 4.78 is 33.7. The first-order valence-corrected chi connectivity index (χ1v) is 15.8. The van der Waals surface area contributed by atoms with E-state index in [1.165, 1.54) is 0 Å². The third-order valence-corrected chi connectivity index (χ3v) is 8.48. The number of morpholine rings is 1. The number of nitrogens with one attached hydrogen (secondary N) is 4. The van der Waals surface area contributed by atoms with Crippen LogP contribution in [0.2, 0.25) is 0 Å². The molecular formula is C32H37N7O4S. The molecule has 5 rings (SSSR count). The van der Waals surface area contributed by atoms with Gasteiger partial charge in [-0.2, -0.15) is 4.98 Å². The van der Waals surface area contributed by atoms with Crippen LogP contribution in [0.1, 0.15) is 36.7 Å². The van der Waals surface area contributed by atoms with Gasteiger partial charge in [0, 0.05) is 58.7 Å². The molecule has 1 aliphatic rings. The van der Waals surface area contributed by atoms with Gasteiger partial charge in [0.1, 0.15) is 5.82 Å². The second kappa shape index (κ2) is 13.0. The fraction of sp³-hybridized carbons (Fsp3) is 0.281. The van der Waals surface area contributed by atoms with Crippen LogP contribution >= 0.6 is 0 Å². The van der Waals surface area contributed by atoms with Gasteiger partial charge in [-0.3, -0.25) is 4.79 Å². The lowest BCUT2D eigenvalue weighted by Crippen LogP contribution is -2.40. The quantitative estimate of drug-likeness (QED) is 0.194. The zero-order valence-electron chi connectivity index (χ0n) is 25.2. The molecule has 0 unspecified atom stereocenters. The number of rotatable bonds is 9. The largest absolute Gasteiger partial charge is 0.378 e. The highest BCUT2D eigenvalue weighted by Crippen LogP contribution is 2.24. The Balaban J connectivity index is 1.22. The maximum absolute atomic E-state index is 12.8. The fourth-order valence-corrected chi connectivity index (χ4v) is 6.05. The molecule has 0 saturated carbocycles. The molecule has 1 aliphatic heterocycles. The van der Waals surface area contributed by atoms with Gasteiger partial charge in [-0.15, -0.1) is 0 Å². The Morgan fingerprint density at radius 2 is 1.57 bits per heavy atom.